The van der Waals surface area contributed by atoms with Gasteiger partial charge in [-0.2, -0.15) is 5.12 Å². The molecule has 0 heterocycles. The number of urea groups is 1. The van der Waals surface area contributed by atoms with Crippen LogP contribution in [0.15, 0.2) is 0 Å². The molecule has 44 valence electrons. The van der Waals surface area contributed by atoms with Crippen LogP contribution in [0.1, 0.15) is 0 Å². The molecule has 0 radical (unpaired) electrons. The summed E-state index contributed by atoms with van der Waals surface area (Å²) in [6.45, 7) is 0. The van der Waals surface area contributed by atoms with Crippen LogP contribution in [-0.4, -0.2) is 11.1 Å². The maximum Gasteiger partial charge on any atom is 0.343 e. The van der Waals surface area contributed by atoms with Crippen molar-refractivity contribution < 1.29 is 4.79 Å². The lowest BCUT2D eigenvalue weighted by molar-refractivity contribution is 0.210. The Morgan fingerprint density at radius 1 is 1.43 bits per heavy atom. The molecule has 0 aliphatic carbocycles. The highest BCUT2D eigenvalue weighted by Gasteiger charge is 1.90. The molecule has 0 atom stereocenters. The normalized spacial score (nSPS) is 6.57. The third-order valence-electron chi connectivity index (χ3n) is 0.254. The lowest BCUT2D eigenvalue weighted by Crippen LogP contribution is -2.46. The van der Waals surface area contributed by atoms with E-state index in [4.69, 9.17) is 0 Å². The number of hydrogen-bond donors (Lipinski definition) is 3. The summed E-state index contributed by atoms with van der Waals surface area (Å²) in [4.78, 5) is 9.60. The zero-order valence-electron chi connectivity index (χ0n) is 3.50. The van der Waals surface area contributed by atoms with Gasteiger partial charge < -0.3 is 5.73 Å². The van der Waals surface area contributed by atoms with Crippen LogP contribution < -0.4 is 17.4 Å². The average Bonchev–Trinajstić information content (AvgIpc) is 1.36. The Labute approximate surface area is 46.8 Å². The van der Waals surface area contributed by atoms with Crippen LogP contribution in [0.4, 0.5) is 4.79 Å². The number of primary amides is 1. The first-order valence-corrected chi connectivity index (χ1v) is 1.23. The number of nitrogens with zero attached hydrogens (tertiary/aromatic N) is 1. The molecule has 0 saturated carbocycles. The molecule has 0 bridgehead atoms. The quantitative estimate of drug-likeness (QED) is 0.210. The van der Waals surface area contributed by atoms with Crippen molar-refractivity contribution in [2.45, 2.75) is 0 Å². The minimum Gasteiger partial charge on any atom is -0.349 e. The van der Waals surface area contributed by atoms with Gasteiger partial charge in [0, 0.05) is 0 Å². The number of hydrazine groups is 2. The van der Waals surface area contributed by atoms with Crippen molar-refractivity contribution in [3.63, 3.8) is 0 Å². The molecule has 7 heavy (non-hydrogen) atoms. The minimum absolute atomic E-state index is 0. The van der Waals surface area contributed by atoms with Gasteiger partial charge in [0.1, 0.15) is 0 Å². The molecule has 6 N–H and O–H groups in total. The summed E-state index contributed by atoms with van der Waals surface area (Å²) in [6.07, 6.45) is 0. The first-order chi connectivity index (χ1) is 2.64. The van der Waals surface area contributed by atoms with Crippen LogP contribution in [0.5, 0.6) is 0 Å². The highest BCUT2D eigenvalue weighted by molar-refractivity contribution is 5.85. The van der Waals surface area contributed by atoms with Crippen molar-refractivity contribution in [2.24, 2.45) is 17.4 Å². The van der Waals surface area contributed by atoms with Crippen molar-refractivity contribution in [2.75, 3.05) is 0 Å². The van der Waals surface area contributed by atoms with Crippen LogP contribution in [0.2, 0.25) is 0 Å². The Morgan fingerprint density at radius 3 is 1.57 bits per heavy atom. The molecular formula is CH7ClN4O. The van der Waals surface area contributed by atoms with E-state index in [0.29, 0.717) is 5.12 Å². The van der Waals surface area contributed by atoms with Gasteiger partial charge in [-0.25, -0.2) is 16.5 Å². The average molecular weight is 127 g/mol. The molecular weight excluding hydrogens is 119 g/mol. The predicted molar refractivity (Wildman–Crippen MR) is 27.0 cm³/mol. The lowest BCUT2D eigenvalue weighted by atomic mass is 11.1. The first kappa shape index (κ1) is 9.70. The second kappa shape index (κ2) is 3.66. The molecule has 0 aromatic carbocycles. The maximum absolute atomic E-state index is 9.60. The van der Waals surface area contributed by atoms with Crippen molar-refractivity contribution >= 4 is 18.4 Å². The maximum atomic E-state index is 9.60. The summed E-state index contributed by atoms with van der Waals surface area (Å²) < 4.78 is 0. The minimum atomic E-state index is -0.852. The van der Waals surface area contributed by atoms with E-state index in [0.717, 1.165) is 0 Å². The standard InChI is InChI=1S/CH6N4O.ClH/c2-1(6)5(3)4;/h3-4H2,(H2,2,6);1H. The number of carbonyl (C=O) groups excluding carboxylic acids is 1. The summed E-state index contributed by atoms with van der Waals surface area (Å²) in [7, 11) is 0. The van der Waals surface area contributed by atoms with Crippen molar-refractivity contribution in [1.29, 1.82) is 0 Å². The van der Waals surface area contributed by atoms with Gasteiger partial charge in [-0.15, -0.1) is 12.4 Å². The van der Waals surface area contributed by atoms with Gasteiger partial charge in [0.2, 0.25) is 0 Å². The van der Waals surface area contributed by atoms with Gasteiger partial charge in [0.15, 0.2) is 0 Å². The summed E-state index contributed by atoms with van der Waals surface area (Å²) in [5.41, 5.74) is 4.47. The van der Waals surface area contributed by atoms with Gasteiger partial charge in [-0.1, -0.05) is 0 Å². The second-order valence-electron chi connectivity index (χ2n) is 0.746. The van der Waals surface area contributed by atoms with E-state index in [1.165, 1.54) is 0 Å². The fourth-order valence-corrected chi connectivity index (χ4v) is 0. The largest absolute Gasteiger partial charge is 0.349 e. The lowest BCUT2D eigenvalue weighted by Gasteiger charge is -2.00. The zero-order chi connectivity index (χ0) is 5.15. The number of amides is 2. The summed E-state index contributed by atoms with van der Waals surface area (Å²) in [5.74, 6) is 9.14. The predicted octanol–water partition coefficient (Wildman–Crippen LogP) is -1.46. The topological polar surface area (TPSA) is 98.4 Å². The summed E-state index contributed by atoms with van der Waals surface area (Å²) in [6, 6.07) is -0.852. The molecule has 0 aliphatic rings. The molecule has 6 heteroatoms. The van der Waals surface area contributed by atoms with Crippen molar-refractivity contribution in [3.05, 3.63) is 0 Å². The SMILES string of the molecule is Cl.NC(=O)N(N)N. The van der Waals surface area contributed by atoms with Crippen molar-refractivity contribution in [1.82, 2.24) is 5.12 Å². The van der Waals surface area contributed by atoms with E-state index in [2.05, 4.69) is 17.4 Å². The number of rotatable bonds is 0. The number of hydrogen-bond acceptors (Lipinski definition) is 3. The van der Waals surface area contributed by atoms with Gasteiger partial charge in [0.25, 0.3) is 0 Å². The molecule has 2 amide bonds. The van der Waals surface area contributed by atoms with Crippen molar-refractivity contribution in [3.8, 4) is 0 Å². The molecule has 0 aliphatic heterocycles. The highest BCUT2D eigenvalue weighted by atomic mass is 35.5. The van der Waals surface area contributed by atoms with Gasteiger partial charge in [0.05, 0.1) is 0 Å². The third kappa shape index (κ3) is 5.48. The van der Waals surface area contributed by atoms with E-state index >= 15 is 0 Å². The Kier molecular flexibility index (Phi) is 5.07. The van der Waals surface area contributed by atoms with E-state index in [1.54, 1.807) is 0 Å². The van der Waals surface area contributed by atoms with Crippen LogP contribution in [0.3, 0.4) is 0 Å². The molecule has 0 unspecified atom stereocenters. The number of nitrogens with two attached hydrogens (primary N) is 3. The summed E-state index contributed by atoms with van der Waals surface area (Å²) in [5, 5.41) is 0.306. The Morgan fingerprint density at radius 2 is 1.57 bits per heavy atom. The third-order valence-corrected chi connectivity index (χ3v) is 0.254. The van der Waals surface area contributed by atoms with E-state index in [-0.39, 0.29) is 12.4 Å². The molecule has 5 nitrogen and oxygen atoms in total. The molecule has 0 aromatic rings. The highest BCUT2D eigenvalue weighted by Crippen LogP contribution is 1.53. The summed E-state index contributed by atoms with van der Waals surface area (Å²) >= 11 is 0. The molecule has 0 spiro atoms. The fraction of sp³-hybridized carbons (Fsp3) is 0. The smallest absolute Gasteiger partial charge is 0.343 e. The molecule has 0 fully saturated rings. The monoisotopic (exact) mass is 126 g/mol. The van der Waals surface area contributed by atoms with Crippen LogP contribution in [0.25, 0.3) is 0 Å². The van der Waals surface area contributed by atoms with Gasteiger partial charge >= 0.3 is 6.03 Å². The molecule has 0 aromatic heterocycles. The number of halogens is 1. The Balaban J connectivity index is 0. The Hall–Kier alpha value is -0.520. The van der Waals surface area contributed by atoms with E-state index < -0.39 is 6.03 Å². The van der Waals surface area contributed by atoms with E-state index in [1.807, 2.05) is 0 Å². The zero-order valence-corrected chi connectivity index (χ0v) is 4.31. The fourth-order valence-electron chi connectivity index (χ4n) is 0. The van der Waals surface area contributed by atoms with Crippen LogP contribution in [-0.2, 0) is 0 Å². The van der Waals surface area contributed by atoms with Gasteiger partial charge in [-0.05, 0) is 0 Å². The van der Waals surface area contributed by atoms with Crippen LogP contribution >= 0.6 is 12.4 Å². The number of carbonyl (C=O) groups is 1. The molecule has 0 saturated heterocycles. The van der Waals surface area contributed by atoms with Crippen LogP contribution in [0, 0.1) is 0 Å². The Bertz CT molecular complexity index is 62.7. The molecule has 0 rings (SSSR count). The second-order valence-corrected chi connectivity index (χ2v) is 0.746. The first-order valence-electron chi connectivity index (χ1n) is 1.23. The van der Waals surface area contributed by atoms with E-state index in [9.17, 15) is 4.79 Å². The van der Waals surface area contributed by atoms with Gasteiger partial charge in [-0.3, -0.25) is 0 Å².